The fourth-order valence-electron chi connectivity index (χ4n) is 3.59. The number of rotatable bonds is 11. The van der Waals surface area contributed by atoms with Crippen LogP contribution in [0.15, 0.2) is 30.7 Å². The first kappa shape index (κ1) is 20.3. The molecule has 1 fully saturated rings. The average Bonchev–Trinajstić information content (AvgIpc) is 3.47. The summed E-state index contributed by atoms with van der Waals surface area (Å²) < 4.78 is 7.74. The van der Waals surface area contributed by atoms with Gasteiger partial charge >= 0.3 is 0 Å². The van der Waals surface area contributed by atoms with E-state index in [1.165, 1.54) is 24.9 Å². The summed E-state index contributed by atoms with van der Waals surface area (Å²) in [5, 5.41) is 23.3. The molecule has 8 heteroatoms. The third-order valence-electron chi connectivity index (χ3n) is 5.59. The summed E-state index contributed by atoms with van der Waals surface area (Å²) in [4.78, 5) is 3.18. The number of hydroxylamine groups is 1. The van der Waals surface area contributed by atoms with Crippen molar-refractivity contribution in [3.8, 4) is 0 Å². The summed E-state index contributed by atoms with van der Waals surface area (Å²) in [7, 11) is 5.12. The number of H-pyrrole nitrogens is 1. The number of fused-ring (bicyclic) bond motifs is 1. The van der Waals surface area contributed by atoms with Crippen LogP contribution in [0.2, 0.25) is 0 Å². The molecule has 154 valence electrons. The van der Waals surface area contributed by atoms with Crippen molar-refractivity contribution in [2.45, 2.75) is 32.2 Å². The topological polar surface area (TPSA) is 92.5 Å². The van der Waals surface area contributed by atoms with Gasteiger partial charge in [-0.2, -0.15) is 0 Å². The van der Waals surface area contributed by atoms with Gasteiger partial charge in [-0.3, -0.25) is 15.6 Å². The van der Waals surface area contributed by atoms with Crippen molar-refractivity contribution >= 4 is 16.7 Å². The number of aromatic amines is 1. The standard InChI is InChI=1S/C20H32N6O2/c1-14(24(3)25(4)27)28-11-5-6-16(15-7-8-15)13-26-19-12-17(22-2)9-10-18(19)23-20(26)21/h9-10,12,15-16,22,27H,1,5-8,11,13H2,2-4H3,(H2,21,23)/t16-/m1/s1. The zero-order valence-corrected chi connectivity index (χ0v) is 17.0. The van der Waals surface area contributed by atoms with Gasteiger partial charge in [0.25, 0.3) is 0 Å². The molecule has 3 rings (SSSR count). The maximum absolute atomic E-state index is 9.40. The fraction of sp³-hybridized carbons (Fsp3) is 0.550. The molecule has 1 aromatic heterocycles. The Kier molecular flexibility index (Phi) is 6.31. The Morgan fingerprint density at radius 2 is 2.21 bits per heavy atom. The number of anilines is 1. The van der Waals surface area contributed by atoms with E-state index in [0.717, 1.165) is 47.2 Å². The summed E-state index contributed by atoms with van der Waals surface area (Å²) in [6.45, 7) is 5.24. The molecule has 1 heterocycles. The molecular weight excluding hydrogens is 356 g/mol. The van der Waals surface area contributed by atoms with Crippen LogP contribution in [0.5, 0.6) is 0 Å². The lowest BCUT2D eigenvalue weighted by Gasteiger charge is -2.26. The Morgan fingerprint density at radius 3 is 2.86 bits per heavy atom. The normalized spacial score (nSPS) is 15.0. The van der Waals surface area contributed by atoms with Crippen molar-refractivity contribution in [2.75, 3.05) is 33.1 Å². The van der Waals surface area contributed by atoms with Crippen molar-refractivity contribution in [3.05, 3.63) is 36.3 Å². The van der Waals surface area contributed by atoms with Crippen LogP contribution >= 0.6 is 0 Å². The largest absolute Gasteiger partial charge is 0.479 e. The smallest absolute Gasteiger partial charge is 0.200 e. The predicted octanol–water partition coefficient (Wildman–Crippen LogP) is 2.95. The van der Waals surface area contributed by atoms with Crippen LogP contribution in [0.3, 0.4) is 0 Å². The molecule has 0 radical (unpaired) electrons. The summed E-state index contributed by atoms with van der Waals surface area (Å²) >= 11 is 0. The van der Waals surface area contributed by atoms with Gasteiger partial charge in [0.05, 0.1) is 17.6 Å². The highest BCUT2D eigenvalue weighted by atomic mass is 16.6. The molecule has 28 heavy (non-hydrogen) atoms. The van der Waals surface area contributed by atoms with Crippen LogP contribution in [0.25, 0.3) is 11.0 Å². The molecular formula is C20H32N6O2. The van der Waals surface area contributed by atoms with Crippen molar-refractivity contribution in [1.29, 1.82) is 5.41 Å². The third kappa shape index (κ3) is 4.69. The van der Waals surface area contributed by atoms with Crippen LogP contribution in [0.1, 0.15) is 25.7 Å². The number of hydrazine groups is 1. The van der Waals surface area contributed by atoms with Gasteiger partial charge in [0, 0.05) is 33.4 Å². The highest BCUT2D eigenvalue weighted by molar-refractivity contribution is 5.79. The Labute approximate surface area is 165 Å². The minimum atomic E-state index is 0.423. The van der Waals surface area contributed by atoms with E-state index in [-0.39, 0.29) is 0 Å². The number of hydrogen-bond donors (Lipinski definition) is 4. The molecule has 1 aliphatic rings. The van der Waals surface area contributed by atoms with Gasteiger partial charge in [0.15, 0.2) is 11.5 Å². The van der Waals surface area contributed by atoms with Crippen LogP contribution in [0, 0.1) is 17.2 Å². The summed E-state index contributed by atoms with van der Waals surface area (Å²) in [6, 6.07) is 6.14. The second-order valence-corrected chi connectivity index (χ2v) is 7.56. The molecule has 0 aliphatic heterocycles. The van der Waals surface area contributed by atoms with E-state index in [0.29, 0.717) is 24.0 Å². The number of ether oxygens (including phenoxy) is 1. The van der Waals surface area contributed by atoms with Crippen LogP contribution in [0.4, 0.5) is 5.69 Å². The van der Waals surface area contributed by atoms with Gasteiger partial charge in [-0.1, -0.05) is 0 Å². The van der Waals surface area contributed by atoms with E-state index in [1.54, 1.807) is 7.05 Å². The molecule has 8 nitrogen and oxygen atoms in total. The second kappa shape index (κ2) is 8.70. The Morgan fingerprint density at radius 1 is 1.46 bits per heavy atom. The van der Waals surface area contributed by atoms with Crippen molar-refractivity contribution < 1.29 is 9.94 Å². The molecule has 1 aromatic carbocycles. The highest BCUT2D eigenvalue weighted by Crippen LogP contribution is 2.40. The monoisotopic (exact) mass is 388 g/mol. The number of hydrogen-bond acceptors (Lipinski definition) is 6. The number of nitrogens with zero attached hydrogens (tertiary/aromatic N) is 3. The first-order valence-corrected chi connectivity index (χ1v) is 9.83. The molecule has 0 bridgehead atoms. The zero-order valence-electron chi connectivity index (χ0n) is 17.0. The number of imidazole rings is 1. The number of benzene rings is 1. The Hall–Kier alpha value is -2.45. The van der Waals surface area contributed by atoms with Gasteiger partial charge in [-0.25, -0.2) is 0 Å². The Balaban J connectivity index is 1.61. The van der Waals surface area contributed by atoms with Crippen molar-refractivity contribution in [1.82, 2.24) is 19.7 Å². The molecule has 0 unspecified atom stereocenters. The SMILES string of the molecule is C=C(OCCC[C@H](Cn1c(=N)[nH]c2ccc(NC)cc21)C1CC1)N(C)N(C)O. The first-order chi connectivity index (χ1) is 13.4. The molecule has 1 atom stereocenters. The molecule has 0 amide bonds. The molecule has 0 saturated heterocycles. The van der Waals surface area contributed by atoms with Crippen LogP contribution < -0.4 is 10.9 Å². The summed E-state index contributed by atoms with van der Waals surface area (Å²) in [5.74, 6) is 1.69. The highest BCUT2D eigenvalue weighted by Gasteiger charge is 2.31. The maximum Gasteiger partial charge on any atom is 0.200 e. The first-order valence-electron chi connectivity index (χ1n) is 9.83. The van der Waals surface area contributed by atoms with Crippen LogP contribution in [-0.4, -0.2) is 52.7 Å². The molecule has 2 aromatic rings. The summed E-state index contributed by atoms with van der Waals surface area (Å²) in [5.41, 5.74) is 3.56. The van der Waals surface area contributed by atoms with Gasteiger partial charge in [-0.05, 0) is 62.3 Å². The third-order valence-corrected chi connectivity index (χ3v) is 5.59. The zero-order chi connectivity index (χ0) is 20.3. The lowest BCUT2D eigenvalue weighted by atomic mass is 9.97. The van der Waals surface area contributed by atoms with Crippen LogP contribution in [-0.2, 0) is 11.3 Å². The van der Waals surface area contributed by atoms with E-state index < -0.39 is 0 Å². The van der Waals surface area contributed by atoms with E-state index in [9.17, 15) is 5.21 Å². The summed E-state index contributed by atoms with van der Waals surface area (Å²) in [6.07, 6.45) is 4.51. The predicted molar refractivity (Wildman–Crippen MR) is 110 cm³/mol. The minimum absolute atomic E-state index is 0.423. The minimum Gasteiger partial charge on any atom is -0.479 e. The van der Waals surface area contributed by atoms with Gasteiger partial charge in [0.2, 0.25) is 0 Å². The van der Waals surface area contributed by atoms with Crippen molar-refractivity contribution in [2.24, 2.45) is 11.8 Å². The number of nitrogens with one attached hydrogen (secondary N) is 3. The second-order valence-electron chi connectivity index (χ2n) is 7.56. The van der Waals surface area contributed by atoms with Gasteiger partial charge in [-0.15, -0.1) is 5.17 Å². The lowest BCUT2D eigenvalue weighted by molar-refractivity contribution is -0.216. The quantitative estimate of drug-likeness (QED) is 0.270. The molecule has 1 saturated carbocycles. The Bertz CT molecular complexity index is 867. The average molecular weight is 389 g/mol. The lowest BCUT2D eigenvalue weighted by Crippen LogP contribution is -2.33. The van der Waals surface area contributed by atoms with E-state index in [4.69, 9.17) is 10.1 Å². The van der Waals surface area contributed by atoms with Crippen molar-refractivity contribution in [3.63, 3.8) is 0 Å². The van der Waals surface area contributed by atoms with Gasteiger partial charge in [0.1, 0.15) is 0 Å². The number of aromatic nitrogens is 2. The maximum atomic E-state index is 9.40. The van der Waals surface area contributed by atoms with E-state index >= 15 is 0 Å². The molecule has 0 spiro atoms. The molecule has 4 N–H and O–H groups in total. The molecule has 1 aliphatic carbocycles. The van der Waals surface area contributed by atoms with E-state index in [1.807, 2.05) is 19.2 Å². The van der Waals surface area contributed by atoms with E-state index in [2.05, 4.69) is 27.5 Å². The van der Waals surface area contributed by atoms with Gasteiger partial charge < -0.3 is 19.6 Å². The fourth-order valence-corrected chi connectivity index (χ4v) is 3.59.